The van der Waals surface area contributed by atoms with E-state index in [2.05, 4.69) is 34.8 Å². The Morgan fingerprint density at radius 1 is 1.23 bits per heavy atom. The summed E-state index contributed by atoms with van der Waals surface area (Å²) in [6.07, 6.45) is 0. The number of halogens is 1. The first-order chi connectivity index (χ1) is 11.7. The fourth-order valence-electron chi connectivity index (χ4n) is 2.04. The Hall–Kier alpha value is -1.51. The molecule has 0 aromatic heterocycles. The van der Waals surface area contributed by atoms with Crippen LogP contribution in [0.2, 0.25) is 0 Å². The molecule has 0 aliphatic heterocycles. The highest BCUT2D eigenvalue weighted by Crippen LogP contribution is 2.14. The number of hydrogen-bond acceptors (Lipinski definition) is 3. The fraction of sp³-hybridized carbons (Fsp3) is 0.579. The van der Waals surface area contributed by atoms with Crippen molar-refractivity contribution in [2.24, 2.45) is 10.9 Å². The van der Waals surface area contributed by atoms with Crippen molar-refractivity contribution in [2.75, 3.05) is 20.2 Å². The van der Waals surface area contributed by atoms with Gasteiger partial charge in [0.1, 0.15) is 5.75 Å². The number of amides is 1. The molecule has 0 unspecified atom stereocenters. The summed E-state index contributed by atoms with van der Waals surface area (Å²) in [5, 5.41) is 9.11. The molecule has 0 bridgehead atoms. The molecule has 148 valence electrons. The first-order valence-corrected chi connectivity index (χ1v) is 8.67. The van der Waals surface area contributed by atoms with Crippen LogP contribution in [0, 0.1) is 5.92 Å². The van der Waals surface area contributed by atoms with Crippen molar-refractivity contribution in [1.29, 1.82) is 0 Å². The molecule has 0 spiro atoms. The van der Waals surface area contributed by atoms with Gasteiger partial charge in [-0.3, -0.25) is 9.79 Å². The average molecular weight is 476 g/mol. The average Bonchev–Trinajstić information content (AvgIpc) is 2.52. The minimum Gasteiger partial charge on any atom is -0.493 e. The van der Waals surface area contributed by atoms with Gasteiger partial charge in [0.25, 0.3) is 0 Å². The van der Waals surface area contributed by atoms with Gasteiger partial charge >= 0.3 is 0 Å². The third-order valence-corrected chi connectivity index (χ3v) is 3.10. The van der Waals surface area contributed by atoms with Crippen LogP contribution in [0.5, 0.6) is 5.75 Å². The van der Waals surface area contributed by atoms with E-state index in [0.717, 1.165) is 11.3 Å². The van der Waals surface area contributed by atoms with E-state index < -0.39 is 0 Å². The minimum absolute atomic E-state index is 0. The van der Waals surface area contributed by atoms with Crippen molar-refractivity contribution in [2.45, 2.75) is 46.7 Å². The van der Waals surface area contributed by atoms with E-state index in [1.807, 2.05) is 45.0 Å². The lowest BCUT2D eigenvalue weighted by atomic mass is 10.1. The maximum absolute atomic E-state index is 11.9. The number of hydrogen-bond donors (Lipinski definition) is 3. The quantitative estimate of drug-likeness (QED) is 0.322. The third-order valence-electron chi connectivity index (χ3n) is 3.10. The van der Waals surface area contributed by atoms with Gasteiger partial charge in [0, 0.05) is 19.1 Å². The van der Waals surface area contributed by atoms with Gasteiger partial charge in [-0.2, -0.15) is 0 Å². The summed E-state index contributed by atoms with van der Waals surface area (Å²) in [5.41, 5.74) is 0.843. The van der Waals surface area contributed by atoms with Crippen LogP contribution in [0.25, 0.3) is 0 Å². The smallest absolute Gasteiger partial charge is 0.239 e. The molecule has 3 N–H and O–H groups in total. The van der Waals surface area contributed by atoms with Gasteiger partial charge in [-0.25, -0.2) is 0 Å². The molecule has 0 aliphatic carbocycles. The van der Waals surface area contributed by atoms with Crippen LogP contribution in [-0.2, 0) is 11.3 Å². The van der Waals surface area contributed by atoms with Gasteiger partial charge < -0.3 is 20.7 Å². The number of rotatable bonds is 7. The van der Waals surface area contributed by atoms with Gasteiger partial charge in [-0.15, -0.1) is 24.0 Å². The highest BCUT2D eigenvalue weighted by molar-refractivity contribution is 14.0. The first-order valence-electron chi connectivity index (χ1n) is 8.67. The third kappa shape index (κ3) is 11.2. The Morgan fingerprint density at radius 2 is 1.92 bits per heavy atom. The minimum atomic E-state index is -0.244. The number of ether oxygens (including phenoxy) is 1. The van der Waals surface area contributed by atoms with Crippen LogP contribution < -0.4 is 20.7 Å². The van der Waals surface area contributed by atoms with Crippen molar-refractivity contribution < 1.29 is 9.53 Å². The molecule has 6 nitrogen and oxygen atoms in total. The van der Waals surface area contributed by atoms with Gasteiger partial charge in [0.05, 0.1) is 13.2 Å². The summed E-state index contributed by atoms with van der Waals surface area (Å²) >= 11 is 0. The van der Waals surface area contributed by atoms with E-state index in [1.165, 1.54) is 0 Å². The number of benzene rings is 1. The van der Waals surface area contributed by atoms with Crippen molar-refractivity contribution >= 4 is 35.8 Å². The maximum Gasteiger partial charge on any atom is 0.239 e. The zero-order chi connectivity index (χ0) is 18.9. The van der Waals surface area contributed by atoms with E-state index in [1.54, 1.807) is 7.05 Å². The largest absolute Gasteiger partial charge is 0.493 e. The van der Waals surface area contributed by atoms with E-state index >= 15 is 0 Å². The van der Waals surface area contributed by atoms with Gasteiger partial charge in [0.15, 0.2) is 5.96 Å². The van der Waals surface area contributed by atoms with Crippen LogP contribution in [0.3, 0.4) is 0 Å². The Kier molecular flexibility index (Phi) is 11.3. The fourth-order valence-corrected chi connectivity index (χ4v) is 2.04. The summed E-state index contributed by atoms with van der Waals surface area (Å²) < 4.78 is 5.74. The van der Waals surface area contributed by atoms with Crippen LogP contribution in [0.1, 0.15) is 40.2 Å². The molecule has 1 aromatic rings. The maximum atomic E-state index is 11.9. The van der Waals surface area contributed by atoms with Crippen molar-refractivity contribution in [3.05, 3.63) is 29.8 Å². The van der Waals surface area contributed by atoms with E-state index in [0.29, 0.717) is 25.0 Å². The second-order valence-corrected chi connectivity index (χ2v) is 7.43. The Labute approximate surface area is 174 Å². The molecule has 0 atom stereocenters. The molecular weight excluding hydrogens is 443 g/mol. The lowest BCUT2D eigenvalue weighted by Gasteiger charge is -2.21. The van der Waals surface area contributed by atoms with E-state index in [-0.39, 0.29) is 42.0 Å². The molecule has 7 heteroatoms. The Morgan fingerprint density at radius 3 is 2.50 bits per heavy atom. The predicted octanol–water partition coefficient (Wildman–Crippen LogP) is 2.92. The van der Waals surface area contributed by atoms with Gasteiger partial charge in [-0.05, 0) is 44.4 Å². The van der Waals surface area contributed by atoms with Crippen LogP contribution in [-0.4, -0.2) is 37.6 Å². The summed E-state index contributed by atoms with van der Waals surface area (Å²) in [7, 11) is 1.68. The molecule has 1 rings (SSSR count). The topological polar surface area (TPSA) is 74.8 Å². The number of guanidine groups is 1. The standard InChI is InChI=1S/C19H32N4O2.HI/c1-14(2)13-25-16-9-7-8-15(10-16)11-21-18(20-6)22-12-17(24)23-19(3,4)5;/h7-10,14H,11-13H2,1-6H3,(H,23,24)(H2,20,21,22);1H. The normalized spacial score (nSPS) is 11.6. The van der Waals surface area contributed by atoms with Crippen LogP contribution in [0.4, 0.5) is 0 Å². The van der Waals surface area contributed by atoms with Gasteiger partial charge in [-0.1, -0.05) is 26.0 Å². The SMILES string of the molecule is CN=C(NCC(=O)NC(C)(C)C)NCc1cccc(OCC(C)C)c1.I. The Bertz CT molecular complexity index is 583. The second-order valence-electron chi connectivity index (χ2n) is 7.43. The van der Waals surface area contributed by atoms with Crippen LogP contribution >= 0.6 is 24.0 Å². The predicted molar refractivity (Wildman–Crippen MR) is 118 cm³/mol. The molecule has 1 amide bonds. The van der Waals surface area contributed by atoms with Crippen LogP contribution in [0.15, 0.2) is 29.3 Å². The first kappa shape index (κ1) is 24.5. The highest BCUT2D eigenvalue weighted by Gasteiger charge is 2.13. The molecule has 0 saturated carbocycles. The summed E-state index contributed by atoms with van der Waals surface area (Å²) in [5.74, 6) is 1.86. The van der Waals surface area contributed by atoms with E-state index in [4.69, 9.17) is 4.74 Å². The summed E-state index contributed by atoms with van der Waals surface area (Å²) in [6.45, 7) is 11.6. The molecule has 0 aliphatic rings. The summed E-state index contributed by atoms with van der Waals surface area (Å²) in [4.78, 5) is 16.0. The number of nitrogens with zero attached hydrogens (tertiary/aromatic N) is 1. The van der Waals surface area contributed by atoms with Crippen molar-refractivity contribution in [3.8, 4) is 5.75 Å². The van der Waals surface area contributed by atoms with Gasteiger partial charge in [0.2, 0.25) is 5.91 Å². The molecule has 0 fully saturated rings. The monoisotopic (exact) mass is 476 g/mol. The number of aliphatic imine (C=N–C) groups is 1. The molecule has 1 aromatic carbocycles. The zero-order valence-corrected chi connectivity index (χ0v) is 19.0. The molecule has 26 heavy (non-hydrogen) atoms. The van der Waals surface area contributed by atoms with Crippen molar-refractivity contribution in [1.82, 2.24) is 16.0 Å². The lowest BCUT2D eigenvalue weighted by molar-refractivity contribution is -0.121. The molecule has 0 heterocycles. The molecule has 0 radical (unpaired) electrons. The molecular formula is C19H33IN4O2. The second kappa shape index (κ2) is 12.0. The van der Waals surface area contributed by atoms with E-state index in [9.17, 15) is 4.79 Å². The van der Waals surface area contributed by atoms with Crippen molar-refractivity contribution in [3.63, 3.8) is 0 Å². The molecule has 0 saturated heterocycles. The Balaban J connectivity index is 0.00000625. The number of carbonyl (C=O) groups is 1. The highest BCUT2D eigenvalue weighted by atomic mass is 127. The summed E-state index contributed by atoms with van der Waals surface area (Å²) in [6, 6.07) is 7.96. The number of carbonyl (C=O) groups excluding carboxylic acids is 1. The number of nitrogens with one attached hydrogen (secondary N) is 3. The lowest BCUT2D eigenvalue weighted by Crippen LogP contribution is -2.48. The zero-order valence-electron chi connectivity index (χ0n) is 16.7.